The van der Waals surface area contributed by atoms with E-state index in [1.807, 2.05) is 0 Å². The van der Waals surface area contributed by atoms with Crippen LogP contribution in [0.4, 0.5) is 11.4 Å². The molecule has 2 aromatic carbocycles. The standard InChI is InChI=1S/C14H9Cl3N2O4/c1-7(20)18-12-6-9(2-3-13(12)19(21)22)23-14-10(16)4-8(15)5-11(14)17/h2-6H,1H3,(H,18,20). The molecule has 0 radical (unpaired) electrons. The van der Waals surface area contributed by atoms with Crippen molar-refractivity contribution in [3.05, 3.63) is 55.5 Å². The molecule has 2 rings (SSSR count). The van der Waals surface area contributed by atoms with E-state index >= 15 is 0 Å². The van der Waals surface area contributed by atoms with Crippen molar-refractivity contribution in [2.45, 2.75) is 6.92 Å². The summed E-state index contributed by atoms with van der Waals surface area (Å²) < 4.78 is 5.56. The van der Waals surface area contributed by atoms with Gasteiger partial charge in [0, 0.05) is 24.1 Å². The second-order valence-electron chi connectivity index (χ2n) is 4.42. The third-order valence-corrected chi connectivity index (χ3v) is 3.44. The highest BCUT2D eigenvalue weighted by Gasteiger charge is 2.17. The highest BCUT2D eigenvalue weighted by Crippen LogP contribution is 2.40. The van der Waals surface area contributed by atoms with Gasteiger partial charge in [-0.2, -0.15) is 0 Å². The molecule has 0 spiro atoms. The zero-order valence-electron chi connectivity index (χ0n) is 11.6. The molecule has 0 aliphatic heterocycles. The van der Waals surface area contributed by atoms with Crippen molar-refractivity contribution in [3.8, 4) is 11.5 Å². The van der Waals surface area contributed by atoms with Crippen molar-refractivity contribution in [1.29, 1.82) is 0 Å². The van der Waals surface area contributed by atoms with Gasteiger partial charge in [-0.15, -0.1) is 0 Å². The van der Waals surface area contributed by atoms with Crippen LogP contribution in [0.15, 0.2) is 30.3 Å². The van der Waals surface area contributed by atoms with E-state index in [4.69, 9.17) is 39.5 Å². The molecule has 0 saturated carbocycles. The van der Waals surface area contributed by atoms with Crippen LogP contribution in [0.5, 0.6) is 11.5 Å². The number of carbonyl (C=O) groups is 1. The largest absolute Gasteiger partial charge is 0.454 e. The third-order valence-electron chi connectivity index (χ3n) is 2.66. The molecule has 0 bridgehead atoms. The molecule has 6 nitrogen and oxygen atoms in total. The highest BCUT2D eigenvalue weighted by molar-refractivity contribution is 6.40. The number of carbonyl (C=O) groups excluding carboxylic acids is 1. The number of hydrogen-bond acceptors (Lipinski definition) is 4. The number of nitrogens with zero attached hydrogens (tertiary/aromatic N) is 1. The van der Waals surface area contributed by atoms with Crippen molar-refractivity contribution in [1.82, 2.24) is 0 Å². The first-order valence-electron chi connectivity index (χ1n) is 6.16. The maximum Gasteiger partial charge on any atom is 0.293 e. The number of ether oxygens (including phenoxy) is 1. The summed E-state index contributed by atoms with van der Waals surface area (Å²) in [6, 6.07) is 6.78. The first kappa shape index (κ1) is 17.3. The number of halogens is 3. The Morgan fingerprint density at radius 3 is 2.30 bits per heavy atom. The smallest absolute Gasteiger partial charge is 0.293 e. The summed E-state index contributed by atoms with van der Waals surface area (Å²) in [7, 11) is 0. The van der Waals surface area contributed by atoms with Crippen LogP contribution in [-0.2, 0) is 4.79 Å². The summed E-state index contributed by atoms with van der Waals surface area (Å²) >= 11 is 17.9. The van der Waals surface area contributed by atoms with Gasteiger partial charge in [-0.05, 0) is 18.2 Å². The van der Waals surface area contributed by atoms with Crippen molar-refractivity contribution in [2.75, 3.05) is 5.32 Å². The van der Waals surface area contributed by atoms with E-state index in [9.17, 15) is 14.9 Å². The van der Waals surface area contributed by atoms with Gasteiger partial charge in [0.15, 0.2) is 5.75 Å². The van der Waals surface area contributed by atoms with Gasteiger partial charge in [0.1, 0.15) is 11.4 Å². The number of hydrogen-bond donors (Lipinski definition) is 1. The van der Waals surface area contributed by atoms with Gasteiger partial charge in [0.05, 0.1) is 15.0 Å². The Hall–Kier alpha value is -2.02. The Bertz CT molecular complexity index is 773. The molecule has 0 aliphatic carbocycles. The first-order chi connectivity index (χ1) is 10.8. The molecule has 120 valence electrons. The van der Waals surface area contributed by atoms with E-state index in [-0.39, 0.29) is 32.9 Å². The van der Waals surface area contributed by atoms with Gasteiger partial charge >= 0.3 is 0 Å². The quantitative estimate of drug-likeness (QED) is 0.580. The second-order valence-corrected chi connectivity index (χ2v) is 5.67. The Balaban J connectivity index is 2.41. The summed E-state index contributed by atoms with van der Waals surface area (Å²) in [5.74, 6) is -0.0846. The van der Waals surface area contributed by atoms with E-state index in [1.54, 1.807) is 0 Å². The lowest BCUT2D eigenvalue weighted by molar-refractivity contribution is -0.383. The molecule has 0 unspecified atom stereocenters. The fourth-order valence-corrected chi connectivity index (χ4v) is 2.67. The molecular weight excluding hydrogens is 367 g/mol. The molecule has 9 heteroatoms. The van der Waals surface area contributed by atoms with Gasteiger partial charge < -0.3 is 10.1 Å². The molecule has 0 aliphatic rings. The molecule has 1 N–H and O–H groups in total. The van der Waals surface area contributed by atoms with Gasteiger partial charge in [-0.25, -0.2) is 0 Å². The number of nitro benzene ring substituents is 1. The van der Waals surface area contributed by atoms with E-state index in [0.29, 0.717) is 5.02 Å². The predicted octanol–water partition coefficient (Wildman–Crippen LogP) is 5.31. The molecule has 0 saturated heterocycles. The van der Waals surface area contributed by atoms with Crippen LogP contribution >= 0.6 is 34.8 Å². The van der Waals surface area contributed by atoms with E-state index < -0.39 is 10.8 Å². The average molecular weight is 376 g/mol. The fraction of sp³-hybridized carbons (Fsp3) is 0.0714. The van der Waals surface area contributed by atoms with Crippen LogP contribution in [0.3, 0.4) is 0 Å². The summed E-state index contributed by atoms with van der Waals surface area (Å²) in [6.45, 7) is 1.24. The zero-order valence-corrected chi connectivity index (χ0v) is 13.9. The topological polar surface area (TPSA) is 81.5 Å². The molecule has 2 aromatic rings. The number of anilines is 1. The minimum absolute atomic E-state index is 0.00112. The van der Waals surface area contributed by atoms with Gasteiger partial charge in [0.25, 0.3) is 5.69 Å². The number of benzene rings is 2. The zero-order chi connectivity index (χ0) is 17.1. The lowest BCUT2D eigenvalue weighted by Gasteiger charge is -2.11. The molecule has 0 fully saturated rings. The number of amides is 1. The number of nitro groups is 1. The van der Waals surface area contributed by atoms with Crippen molar-refractivity contribution in [2.24, 2.45) is 0 Å². The average Bonchev–Trinajstić information content (AvgIpc) is 2.42. The van der Waals surface area contributed by atoms with Crippen LogP contribution in [-0.4, -0.2) is 10.8 Å². The van der Waals surface area contributed by atoms with Crippen LogP contribution in [0.1, 0.15) is 6.92 Å². The molecule has 0 atom stereocenters. The second kappa shape index (κ2) is 7.04. The predicted molar refractivity (Wildman–Crippen MR) is 88.9 cm³/mol. The minimum atomic E-state index is -0.614. The summed E-state index contributed by atoms with van der Waals surface area (Å²) in [5, 5.41) is 14.1. The Morgan fingerprint density at radius 1 is 1.17 bits per heavy atom. The Labute approximate surface area is 146 Å². The maximum atomic E-state index is 11.2. The van der Waals surface area contributed by atoms with Crippen molar-refractivity contribution < 1.29 is 14.5 Å². The lowest BCUT2D eigenvalue weighted by Crippen LogP contribution is -2.08. The van der Waals surface area contributed by atoms with E-state index in [1.165, 1.54) is 37.3 Å². The van der Waals surface area contributed by atoms with Crippen molar-refractivity contribution >= 4 is 52.1 Å². The SMILES string of the molecule is CC(=O)Nc1cc(Oc2c(Cl)cc(Cl)cc2Cl)ccc1[N+](=O)[O-]. The summed E-state index contributed by atoms with van der Waals surface area (Å²) in [6.07, 6.45) is 0. The number of nitrogens with one attached hydrogen (secondary N) is 1. The van der Waals surface area contributed by atoms with Crippen LogP contribution in [0.2, 0.25) is 15.1 Å². The van der Waals surface area contributed by atoms with Crippen LogP contribution < -0.4 is 10.1 Å². The monoisotopic (exact) mass is 374 g/mol. The number of rotatable bonds is 4. The molecule has 0 heterocycles. The maximum absolute atomic E-state index is 11.2. The summed E-state index contributed by atoms with van der Waals surface area (Å²) in [4.78, 5) is 21.5. The normalized spacial score (nSPS) is 10.3. The molecular formula is C14H9Cl3N2O4. The third kappa shape index (κ3) is 4.25. The molecule has 1 amide bonds. The Morgan fingerprint density at radius 2 is 1.78 bits per heavy atom. The summed E-state index contributed by atoms with van der Waals surface area (Å²) in [5.41, 5.74) is -0.262. The van der Waals surface area contributed by atoms with Crippen LogP contribution in [0.25, 0.3) is 0 Å². The van der Waals surface area contributed by atoms with Gasteiger partial charge in [-0.3, -0.25) is 14.9 Å². The lowest BCUT2D eigenvalue weighted by atomic mass is 10.2. The van der Waals surface area contributed by atoms with Gasteiger partial charge in [-0.1, -0.05) is 34.8 Å². The van der Waals surface area contributed by atoms with E-state index in [2.05, 4.69) is 5.32 Å². The first-order valence-corrected chi connectivity index (χ1v) is 7.29. The Kier molecular flexibility index (Phi) is 5.30. The minimum Gasteiger partial charge on any atom is -0.454 e. The molecule has 23 heavy (non-hydrogen) atoms. The van der Waals surface area contributed by atoms with E-state index in [0.717, 1.165) is 0 Å². The van der Waals surface area contributed by atoms with Crippen LogP contribution in [0, 0.1) is 10.1 Å². The highest BCUT2D eigenvalue weighted by atomic mass is 35.5. The van der Waals surface area contributed by atoms with Gasteiger partial charge in [0.2, 0.25) is 5.91 Å². The fourth-order valence-electron chi connectivity index (χ4n) is 1.77. The molecule has 0 aromatic heterocycles. The van der Waals surface area contributed by atoms with Crippen molar-refractivity contribution in [3.63, 3.8) is 0 Å².